The first kappa shape index (κ1) is 15.9. The van der Waals surface area contributed by atoms with Crippen molar-refractivity contribution in [1.29, 1.82) is 0 Å². The fraction of sp³-hybridized carbons (Fsp3) is 0.643. The van der Waals surface area contributed by atoms with Crippen molar-refractivity contribution >= 4 is 5.97 Å². The van der Waals surface area contributed by atoms with E-state index in [0.29, 0.717) is 18.8 Å². The fourth-order valence-electron chi connectivity index (χ4n) is 1.29. The van der Waals surface area contributed by atoms with Gasteiger partial charge in [0.2, 0.25) is 0 Å². The second-order valence-electron chi connectivity index (χ2n) is 3.71. The van der Waals surface area contributed by atoms with Crippen LogP contribution in [-0.2, 0) is 14.3 Å². The number of hydrogen-bond donors (Lipinski definition) is 0. The van der Waals surface area contributed by atoms with Crippen LogP contribution in [0.2, 0.25) is 0 Å². The van der Waals surface area contributed by atoms with Gasteiger partial charge in [-0.05, 0) is 19.8 Å². The second-order valence-corrected chi connectivity index (χ2v) is 3.71. The van der Waals surface area contributed by atoms with Crippen molar-refractivity contribution in [3.63, 3.8) is 0 Å². The zero-order valence-electron chi connectivity index (χ0n) is 11.2. The van der Waals surface area contributed by atoms with Crippen molar-refractivity contribution in [2.75, 3.05) is 20.3 Å². The van der Waals surface area contributed by atoms with Crippen LogP contribution in [0.1, 0.15) is 39.5 Å². The van der Waals surface area contributed by atoms with Gasteiger partial charge in [-0.3, -0.25) is 0 Å². The topological polar surface area (TPSA) is 35.5 Å². The molecule has 0 aromatic carbocycles. The highest BCUT2D eigenvalue weighted by Gasteiger charge is 2.05. The molecular formula is C14H24O3. The molecule has 0 aliphatic heterocycles. The Morgan fingerprint density at radius 1 is 1.24 bits per heavy atom. The summed E-state index contributed by atoms with van der Waals surface area (Å²) in [7, 11) is 1.66. The minimum Gasteiger partial charge on any atom is -0.462 e. The summed E-state index contributed by atoms with van der Waals surface area (Å²) in [6, 6.07) is 0. The van der Waals surface area contributed by atoms with Gasteiger partial charge in [0, 0.05) is 13.7 Å². The lowest BCUT2D eigenvalue weighted by Gasteiger charge is -2.02. The van der Waals surface area contributed by atoms with Gasteiger partial charge >= 0.3 is 5.97 Å². The summed E-state index contributed by atoms with van der Waals surface area (Å²) in [6.07, 6.45) is 9.66. The quantitative estimate of drug-likeness (QED) is 0.268. The number of unbranched alkanes of at least 4 members (excludes halogenated alkanes) is 2. The molecule has 0 N–H and O–H groups in total. The van der Waals surface area contributed by atoms with Gasteiger partial charge in [0.1, 0.15) is 0 Å². The molecule has 0 aromatic heterocycles. The normalized spacial score (nSPS) is 12.1. The Morgan fingerprint density at radius 3 is 2.59 bits per heavy atom. The van der Waals surface area contributed by atoms with Gasteiger partial charge in [-0.25, -0.2) is 4.79 Å². The van der Waals surface area contributed by atoms with Gasteiger partial charge in [0.25, 0.3) is 0 Å². The molecule has 0 rings (SSSR count). The third-order valence-corrected chi connectivity index (χ3v) is 2.22. The van der Waals surface area contributed by atoms with E-state index in [1.807, 2.05) is 25.2 Å². The number of ether oxygens (including phenoxy) is 2. The monoisotopic (exact) mass is 240 g/mol. The maximum Gasteiger partial charge on any atom is 0.337 e. The molecule has 0 bridgehead atoms. The van der Waals surface area contributed by atoms with Crippen molar-refractivity contribution in [1.82, 2.24) is 0 Å². The standard InChI is InChI=1S/C14H24O3/c1-4-6-7-10-13(14(15)17-5-2)11-8-9-12-16-3/h8,10-11H,4-7,9,12H2,1-3H3/b11-8+,13-10-. The maximum atomic E-state index is 11.6. The second kappa shape index (κ2) is 11.4. The molecule has 17 heavy (non-hydrogen) atoms. The summed E-state index contributed by atoms with van der Waals surface area (Å²) in [5, 5.41) is 0. The van der Waals surface area contributed by atoms with Crippen LogP contribution in [0, 0.1) is 0 Å². The number of allylic oxidation sites excluding steroid dienone is 1. The van der Waals surface area contributed by atoms with Gasteiger partial charge in [-0.2, -0.15) is 0 Å². The zero-order valence-corrected chi connectivity index (χ0v) is 11.2. The van der Waals surface area contributed by atoms with Gasteiger partial charge in [-0.15, -0.1) is 0 Å². The Bertz CT molecular complexity index is 254. The Balaban J connectivity index is 4.33. The van der Waals surface area contributed by atoms with Crippen molar-refractivity contribution in [3.8, 4) is 0 Å². The molecule has 0 fully saturated rings. The molecule has 0 aromatic rings. The lowest BCUT2D eigenvalue weighted by atomic mass is 10.1. The van der Waals surface area contributed by atoms with Crippen LogP contribution in [0.5, 0.6) is 0 Å². The first-order valence-electron chi connectivity index (χ1n) is 6.29. The molecule has 0 aliphatic carbocycles. The van der Waals surface area contributed by atoms with Crippen molar-refractivity contribution in [2.45, 2.75) is 39.5 Å². The fourth-order valence-corrected chi connectivity index (χ4v) is 1.29. The van der Waals surface area contributed by atoms with Crippen LogP contribution in [0.3, 0.4) is 0 Å². The number of carbonyl (C=O) groups excluding carboxylic acids is 1. The number of rotatable bonds is 9. The lowest BCUT2D eigenvalue weighted by molar-refractivity contribution is -0.138. The predicted molar refractivity (Wildman–Crippen MR) is 69.9 cm³/mol. The summed E-state index contributed by atoms with van der Waals surface area (Å²) < 4.78 is 9.95. The molecule has 3 nitrogen and oxygen atoms in total. The minimum atomic E-state index is -0.239. The Labute approximate surface area is 104 Å². The molecule has 0 saturated heterocycles. The van der Waals surface area contributed by atoms with Gasteiger partial charge < -0.3 is 9.47 Å². The molecular weight excluding hydrogens is 216 g/mol. The minimum absolute atomic E-state index is 0.239. The van der Waals surface area contributed by atoms with E-state index in [1.54, 1.807) is 7.11 Å². The summed E-state index contributed by atoms with van der Waals surface area (Å²) in [6.45, 7) is 5.03. The van der Waals surface area contributed by atoms with Crippen LogP contribution in [0.25, 0.3) is 0 Å². The first-order valence-corrected chi connectivity index (χ1v) is 6.29. The highest BCUT2D eigenvalue weighted by Crippen LogP contribution is 2.06. The predicted octanol–water partition coefficient (Wildman–Crippen LogP) is 3.26. The average molecular weight is 240 g/mol. The summed E-state index contributed by atoms with van der Waals surface area (Å²) in [5.41, 5.74) is 0.649. The van der Waals surface area contributed by atoms with E-state index in [4.69, 9.17) is 9.47 Å². The van der Waals surface area contributed by atoms with Crippen molar-refractivity contribution in [3.05, 3.63) is 23.8 Å². The number of hydrogen-bond acceptors (Lipinski definition) is 3. The largest absolute Gasteiger partial charge is 0.462 e. The molecule has 0 radical (unpaired) electrons. The highest BCUT2D eigenvalue weighted by atomic mass is 16.5. The van der Waals surface area contributed by atoms with Crippen LogP contribution in [0.15, 0.2) is 23.8 Å². The van der Waals surface area contributed by atoms with Crippen LogP contribution in [0.4, 0.5) is 0 Å². The van der Waals surface area contributed by atoms with Crippen LogP contribution in [-0.4, -0.2) is 26.3 Å². The Hall–Kier alpha value is -1.09. The summed E-state index contributed by atoms with van der Waals surface area (Å²) >= 11 is 0. The first-order chi connectivity index (χ1) is 8.26. The van der Waals surface area contributed by atoms with E-state index in [-0.39, 0.29) is 5.97 Å². The van der Waals surface area contributed by atoms with Crippen molar-refractivity contribution < 1.29 is 14.3 Å². The van der Waals surface area contributed by atoms with Crippen LogP contribution < -0.4 is 0 Å². The highest BCUT2D eigenvalue weighted by molar-refractivity contribution is 5.91. The van der Waals surface area contributed by atoms with E-state index >= 15 is 0 Å². The SMILES string of the molecule is CCCC/C=C(/C=C/CCOC)C(=O)OCC. The van der Waals surface area contributed by atoms with E-state index < -0.39 is 0 Å². The lowest BCUT2D eigenvalue weighted by Crippen LogP contribution is -2.06. The molecule has 98 valence electrons. The molecule has 0 spiro atoms. The average Bonchev–Trinajstić information content (AvgIpc) is 2.32. The van der Waals surface area contributed by atoms with E-state index in [9.17, 15) is 4.79 Å². The zero-order chi connectivity index (χ0) is 12.9. The molecule has 3 heteroatoms. The Morgan fingerprint density at radius 2 is 2.00 bits per heavy atom. The molecule has 0 amide bonds. The molecule has 0 aliphatic rings. The number of esters is 1. The molecule has 0 unspecified atom stereocenters. The third kappa shape index (κ3) is 8.69. The Kier molecular flexibility index (Phi) is 10.7. The van der Waals surface area contributed by atoms with Gasteiger partial charge in [0.05, 0.1) is 12.2 Å². The third-order valence-electron chi connectivity index (χ3n) is 2.22. The molecule has 0 atom stereocenters. The molecule has 0 saturated carbocycles. The van der Waals surface area contributed by atoms with E-state index in [0.717, 1.165) is 25.7 Å². The number of methoxy groups -OCH3 is 1. The van der Waals surface area contributed by atoms with Crippen LogP contribution >= 0.6 is 0 Å². The number of carbonyl (C=O) groups is 1. The summed E-state index contributed by atoms with van der Waals surface area (Å²) in [5.74, 6) is -0.239. The maximum absolute atomic E-state index is 11.6. The smallest absolute Gasteiger partial charge is 0.337 e. The van der Waals surface area contributed by atoms with Crippen molar-refractivity contribution in [2.24, 2.45) is 0 Å². The van der Waals surface area contributed by atoms with E-state index in [2.05, 4.69) is 6.92 Å². The molecule has 0 heterocycles. The van der Waals surface area contributed by atoms with E-state index in [1.165, 1.54) is 0 Å². The van der Waals surface area contributed by atoms with Gasteiger partial charge in [0.15, 0.2) is 0 Å². The summed E-state index contributed by atoms with van der Waals surface area (Å²) in [4.78, 5) is 11.6. The van der Waals surface area contributed by atoms with Gasteiger partial charge in [-0.1, -0.05) is 38.0 Å².